The van der Waals surface area contributed by atoms with Crippen molar-refractivity contribution >= 4 is 27.3 Å². The largest absolute Gasteiger partial charge is 0.416 e. The van der Waals surface area contributed by atoms with Crippen molar-refractivity contribution < 1.29 is 26.4 Å². The number of nitrogens with one attached hydrogen (secondary N) is 1. The van der Waals surface area contributed by atoms with E-state index in [2.05, 4.69) is 5.32 Å². The summed E-state index contributed by atoms with van der Waals surface area (Å²) in [5.41, 5.74) is 2.05. The SMILES string of the molecule is Cc1ccc(NC(=O)CN(c2cccc(C(F)(F)F)c2)S(=O)(=O)c2cc(C)ccc2C)c(C)c1. The molecule has 0 aliphatic heterocycles. The third kappa shape index (κ3) is 5.59. The number of alkyl halides is 3. The summed E-state index contributed by atoms with van der Waals surface area (Å²) in [5.74, 6) is -0.682. The monoisotopic (exact) mass is 490 g/mol. The fraction of sp³-hybridized carbons (Fsp3) is 0.240. The van der Waals surface area contributed by atoms with Crippen molar-refractivity contribution in [3.63, 3.8) is 0 Å². The van der Waals surface area contributed by atoms with Gasteiger partial charge in [-0.2, -0.15) is 13.2 Å². The first-order chi connectivity index (χ1) is 15.8. The van der Waals surface area contributed by atoms with Crippen molar-refractivity contribution in [1.29, 1.82) is 0 Å². The quantitative estimate of drug-likeness (QED) is 0.477. The average molecular weight is 491 g/mol. The maximum atomic E-state index is 13.6. The highest BCUT2D eigenvalue weighted by Crippen LogP contribution is 2.34. The molecule has 5 nitrogen and oxygen atoms in total. The molecular formula is C25H25F3N2O3S. The molecule has 0 unspecified atom stereocenters. The Morgan fingerprint density at radius 1 is 0.882 bits per heavy atom. The Morgan fingerprint density at radius 2 is 1.53 bits per heavy atom. The number of hydrogen-bond acceptors (Lipinski definition) is 3. The summed E-state index contributed by atoms with van der Waals surface area (Å²) < 4.78 is 68.0. The smallest absolute Gasteiger partial charge is 0.324 e. The van der Waals surface area contributed by atoms with Crippen LogP contribution in [-0.4, -0.2) is 20.9 Å². The van der Waals surface area contributed by atoms with Crippen molar-refractivity contribution in [3.8, 4) is 0 Å². The molecule has 3 aromatic carbocycles. The van der Waals surface area contributed by atoms with Gasteiger partial charge < -0.3 is 5.32 Å². The molecule has 1 N–H and O–H groups in total. The molecule has 9 heteroatoms. The molecule has 0 aromatic heterocycles. The van der Waals surface area contributed by atoms with Crippen molar-refractivity contribution in [2.24, 2.45) is 0 Å². The van der Waals surface area contributed by atoms with Crippen LogP contribution < -0.4 is 9.62 Å². The number of benzene rings is 3. The molecule has 0 heterocycles. The van der Waals surface area contributed by atoms with Gasteiger partial charge in [-0.05, 0) is 74.7 Å². The van der Waals surface area contributed by atoms with Gasteiger partial charge in [0.1, 0.15) is 6.54 Å². The van der Waals surface area contributed by atoms with E-state index >= 15 is 0 Å². The van der Waals surface area contributed by atoms with Crippen LogP contribution >= 0.6 is 0 Å². The predicted molar refractivity (Wildman–Crippen MR) is 126 cm³/mol. The van der Waals surface area contributed by atoms with Crippen LogP contribution in [0.3, 0.4) is 0 Å². The second-order valence-electron chi connectivity index (χ2n) is 8.20. The van der Waals surface area contributed by atoms with E-state index < -0.39 is 34.2 Å². The molecule has 0 radical (unpaired) electrons. The van der Waals surface area contributed by atoms with E-state index in [1.54, 1.807) is 45.0 Å². The van der Waals surface area contributed by atoms with Gasteiger partial charge in [-0.25, -0.2) is 8.42 Å². The fourth-order valence-electron chi connectivity index (χ4n) is 3.53. The fourth-order valence-corrected chi connectivity index (χ4v) is 5.26. The Hall–Kier alpha value is -3.33. The number of anilines is 2. The maximum absolute atomic E-state index is 13.6. The van der Waals surface area contributed by atoms with Gasteiger partial charge in [-0.3, -0.25) is 9.10 Å². The third-order valence-electron chi connectivity index (χ3n) is 5.32. The van der Waals surface area contributed by atoms with Crippen LogP contribution in [0.5, 0.6) is 0 Å². The molecule has 0 saturated heterocycles. The lowest BCUT2D eigenvalue weighted by Crippen LogP contribution is -2.38. The predicted octanol–water partition coefficient (Wildman–Crippen LogP) is 5.77. The van der Waals surface area contributed by atoms with Crippen LogP contribution in [0.25, 0.3) is 0 Å². The molecule has 3 aromatic rings. The lowest BCUT2D eigenvalue weighted by Gasteiger charge is -2.26. The van der Waals surface area contributed by atoms with Crippen LogP contribution in [0.15, 0.2) is 65.6 Å². The summed E-state index contributed by atoms with van der Waals surface area (Å²) in [4.78, 5) is 12.8. The average Bonchev–Trinajstić information content (AvgIpc) is 2.75. The molecule has 0 spiro atoms. The van der Waals surface area contributed by atoms with Crippen LogP contribution in [0, 0.1) is 27.7 Å². The van der Waals surface area contributed by atoms with Gasteiger partial charge in [0, 0.05) is 5.69 Å². The second-order valence-corrected chi connectivity index (χ2v) is 10.0. The van der Waals surface area contributed by atoms with E-state index in [-0.39, 0.29) is 10.6 Å². The molecule has 1 amide bonds. The summed E-state index contributed by atoms with van der Waals surface area (Å²) >= 11 is 0. The minimum absolute atomic E-state index is 0.0794. The normalized spacial score (nSPS) is 11.9. The number of carbonyl (C=O) groups excluding carboxylic acids is 1. The van der Waals surface area contributed by atoms with Crippen LogP contribution in [-0.2, 0) is 21.0 Å². The molecule has 0 aliphatic carbocycles. The first-order valence-corrected chi connectivity index (χ1v) is 11.9. The third-order valence-corrected chi connectivity index (χ3v) is 7.23. The first-order valence-electron chi connectivity index (χ1n) is 10.4. The topological polar surface area (TPSA) is 66.5 Å². The Bertz CT molecular complexity index is 1340. The number of sulfonamides is 1. The molecule has 0 fully saturated rings. The first kappa shape index (κ1) is 25.3. The van der Waals surface area contributed by atoms with Crippen molar-refractivity contribution in [1.82, 2.24) is 0 Å². The van der Waals surface area contributed by atoms with E-state index in [1.165, 1.54) is 12.1 Å². The van der Waals surface area contributed by atoms with Gasteiger partial charge in [0.05, 0.1) is 16.1 Å². The van der Waals surface area contributed by atoms with Crippen molar-refractivity contribution in [2.45, 2.75) is 38.8 Å². The maximum Gasteiger partial charge on any atom is 0.416 e. The highest BCUT2D eigenvalue weighted by atomic mass is 32.2. The zero-order valence-electron chi connectivity index (χ0n) is 19.2. The molecule has 0 saturated carbocycles. The van der Waals surface area contributed by atoms with Crippen LogP contribution in [0.2, 0.25) is 0 Å². The number of nitrogens with zero attached hydrogens (tertiary/aromatic N) is 1. The van der Waals surface area contributed by atoms with E-state index in [0.29, 0.717) is 21.1 Å². The van der Waals surface area contributed by atoms with E-state index in [1.807, 2.05) is 13.0 Å². The highest BCUT2D eigenvalue weighted by molar-refractivity contribution is 7.93. The minimum Gasteiger partial charge on any atom is -0.324 e. The molecule has 0 aliphatic rings. The van der Waals surface area contributed by atoms with Gasteiger partial charge in [0.2, 0.25) is 5.91 Å². The lowest BCUT2D eigenvalue weighted by atomic mass is 10.1. The molecule has 0 bridgehead atoms. The van der Waals surface area contributed by atoms with Gasteiger partial charge in [-0.15, -0.1) is 0 Å². The van der Waals surface area contributed by atoms with Gasteiger partial charge in [-0.1, -0.05) is 35.9 Å². The summed E-state index contributed by atoms with van der Waals surface area (Å²) in [6.07, 6.45) is -4.67. The second kappa shape index (κ2) is 9.50. The van der Waals surface area contributed by atoms with E-state index in [9.17, 15) is 26.4 Å². The summed E-state index contributed by atoms with van der Waals surface area (Å²) in [5, 5.41) is 2.66. The van der Waals surface area contributed by atoms with Gasteiger partial charge in [0.15, 0.2) is 0 Å². The molecular weight excluding hydrogens is 465 g/mol. The number of aryl methyl sites for hydroxylation is 4. The molecule has 180 valence electrons. The highest BCUT2D eigenvalue weighted by Gasteiger charge is 2.33. The number of amides is 1. The minimum atomic E-state index is -4.67. The Balaban J connectivity index is 2.07. The van der Waals surface area contributed by atoms with E-state index in [4.69, 9.17) is 0 Å². The lowest BCUT2D eigenvalue weighted by molar-refractivity contribution is -0.137. The molecule has 0 atom stereocenters. The van der Waals surface area contributed by atoms with Gasteiger partial charge in [0.25, 0.3) is 10.0 Å². The van der Waals surface area contributed by atoms with Crippen LogP contribution in [0.1, 0.15) is 27.8 Å². The van der Waals surface area contributed by atoms with Crippen molar-refractivity contribution in [2.75, 3.05) is 16.2 Å². The van der Waals surface area contributed by atoms with E-state index in [0.717, 1.165) is 29.3 Å². The zero-order chi connectivity index (χ0) is 25.3. The number of carbonyl (C=O) groups is 1. The number of rotatable bonds is 6. The Kier molecular flexibility index (Phi) is 7.07. The molecule has 34 heavy (non-hydrogen) atoms. The van der Waals surface area contributed by atoms with Crippen molar-refractivity contribution in [3.05, 3.63) is 88.5 Å². The Labute approximate surface area is 197 Å². The van der Waals surface area contributed by atoms with Gasteiger partial charge >= 0.3 is 6.18 Å². The summed E-state index contributed by atoms with van der Waals surface area (Å²) in [6, 6.07) is 14.1. The summed E-state index contributed by atoms with van der Waals surface area (Å²) in [6.45, 7) is 6.28. The number of halogens is 3. The summed E-state index contributed by atoms with van der Waals surface area (Å²) in [7, 11) is -4.37. The zero-order valence-corrected chi connectivity index (χ0v) is 20.0. The molecule has 3 rings (SSSR count). The standard InChI is InChI=1S/C25H25F3N2O3S/c1-16-9-11-22(19(4)12-16)29-24(31)15-30(21-7-5-6-20(14-21)25(26,27)28)34(32,33)23-13-17(2)8-10-18(23)3/h5-14H,15H2,1-4H3,(H,29,31). The Morgan fingerprint density at radius 3 is 2.18 bits per heavy atom. The number of hydrogen-bond donors (Lipinski definition) is 1. The van der Waals surface area contributed by atoms with Crippen LogP contribution in [0.4, 0.5) is 24.5 Å².